The monoisotopic (exact) mass is 612 g/mol. The number of carboxylic acids is 1. The van der Waals surface area contributed by atoms with E-state index in [-0.39, 0.29) is 30.9 Å². The van der Waals surface area contributed by atoms with E-state index in [4.69, 9.17) is 14.9 Å². The van der Waals surface area contributed by atoms with Gasteiger partial charge in [0, 0.05) is 12.8 Å². The molecule has 252 valence electrons. The SMILES string of the molecule is CCCCCCCCCCCCCC(=O)OC(CCCCCCC)CCCCCCC(=O)NCC(=O)NC(CO)C(=O)O. The Morgan fingerprint density at radius 3 is 1.51 bits per heavy atom. The minimum absolute atomic E-state index is 0.0304. The van der Waals surface area contributed by atoms with E-state index in [1.54, 1.807) is 0 Å². The van der Waals surface area contributed by atoms with Gasteiger partial charge in [-0.25, -0.2) is 4.79 Å². The van der Waals surface area contributed by atoms with Crippen LogP contribution in [0.3, 0.4) is 0 Å². The molecule has 0 fully saturated rings. The lowest BCUT2D eigenvalue weighted by Gasteiger charge is -2.18. The van der Waals surface area contributed by atoms with Gasteiger partial charge in [0.25, 0.3) is 0 Å². The molecule has 9 nitrogen and oxygen atoms in total. The number of nitrogens with one attached hydrogen (secondary N) is 2. The van der Waals surface area contributed by atoms with Crippen molar-refractivity contribution in [1.82, 2.24) is 10.6 Å². The molecule has 0 rings (SSSR count). The van der Waals surface area contributed by atoms with Gasteiger partial charge in [-0.05, 0) is 38.5 Å². The summed E-state index contributed by atoms with van der Waals surface area (Å²) in [5.41, 5.74) is 0. The van der Waals surface area contributed by atoms with Gasteiger partial charge in [-0.3, -0.25) is 14.4 Å². The number of esters is 1. The molecule has 2 atom stereocenters. The van der Waals surface area contributed by atoms with Crippen molar-refractivity contribution >= 4 is 23.8 Å². The van der Waals surface area contributed by atoms with Crippen LogP contribution in [0.5, 0.6) is 0 Å². The summed E-state index contributed by atoms with van der Waals surface area (Å²) >= 11 is 0. The van der Waals surface area contributed by atoms with Gasteiger partial charge in [-0.2, -0.15) is 0 Å². The molecule has 0 aromatic heterocycles. The molecule has 0 aromatic carbocycles. The van der Waals surface area contributed by atoms with Gasteiger partial charge in [0.1, 0.15) is 12.1 Å². The van der Waals surface area contributed by atoms with Crippen LogP contribution in [0.25, 0.3) is 0 Å². The van der Waals surface area contributed by atoms with Crippen molar-refractivity contribution in [1.29, 1.82) is 0 Å². The summed E-state index contributed by atoms with van der Waals surface area (Å²) in [5, 5.41) is 22.4. The number of aliphatic hydroxyl groups excluding tert-OH is 1. The minimum Gasteiger partial charge on any atom is -0.480 e. The van der Waals surface area contributed by atoms with E-state index in [9.17, 15) is 19.2 Å². The maximum absolute atomic E-state index is 12.5. The van der Waals surface area contributed by atoms with Crippen LogP contribution in [0.2, 0.25) is 0 Å². The Balaban J connectivity index is 4.13. The smallest absolute Gasteiger partial charge is 0.328 e. The van der Waals surface area contributed by atoms with Crippen molar-refractivity contribution in [3.8, 4) is 0 Å². The van der Waals surface area contributed by atoms with E-state index in [1.807, 2.05) is 0 Å². The molecular weight excluding hydrogens is 548 g/mol. The second-order valence-corrected chi connectivity index (χ2v) is 12.0. The molecule has 0 heterocycles. The molecule has 4 N–H and O–H groups in total. The number of hydrogen-bond donors (Lipinski definition) is 4. The number of aliphatic carboxylic acids is 1. The second kappa shape index (κ2) is 29.9. The van der Waals surface area contributed by atoms with E-state index >= 15 is 0 Å². The lowest BCUT2D eigenvalue weighted by atomic mass is 10.0. The molecule has 0 aromatic rings. The highest BCUT2D eigenvalue weighted by molar-refractivity contribution is 5.87. The first-order valence-electron chi connectivity index (χ1n) is 17.4. The number of hydrogen-bond acceptors (Lipinski definition) is 6. The fourth-order valence-electron chi connectivity index (χ4n) is 5.13. The fourth-order valence-corrected chi connectivity index (χ4v) is 5.13. The standard InChI is InChI=1S/C34H64N2O7/c1-3-5-7-9-10-11-12-13-14-16-22-26-33(40)43-29(23-19-15-8-6-4-2)24-20-17-18-21-25-31(38)35-27-32(39)36-30(28-37)34(41)42/h29-30,37H,3-28H2,1-2H3,(H,35,38)(H,36,39)(H,41,42). The molecule has 2 amide bonds. The molecule has 0 aliphatic rings. The highest BCUT2D eigenvalue weighted by atomic mass is 16.5. The van der Waals surface area contributed by atoms with Crippen molar-refractivity contribution in [3.05, 3.63) is 0 Å². The van der Waals surface area contributed by atoms with Crippen molar-refractivity contribution in [2.45, 2.75) is 180 Å². The predicted molar refractivity (Wildman–Crippen MR) is 172 cm³/mol. The van der Waals surface area contributed by atoms with E-state index < -0.39 is 24.5 Å². The van der Waals surface area contributed by atoms with Crippen molar-refractivity contribution in [2.75, 3.05) is 13.2 Å². The third-order valence-electron chi connectivity index (χ3n) is 7.85. The zero-order valence-corrected chi connectivity index (χ0v) is 27.5. The number of carbonyl (C=O) groups excluding carboxylic acids is 3. The Kier molecular flexibility index (Phi) is 28.4. The van der Waals surface area contributed by atoms with Crippen LogP contribution in [0.1, 0.15) is 168 Å². The summed E-state index contributed by atoms with van der Waals surface area (Å²) < 4.78 is 5.90. The van der Waals surface area contributed by atoms with Crippen LogP contribution >= 0.6 is 0 Å². The normalized spacial score (nSPS) is 12.4. The molecule has 9 heteroatoms. The van der Waals surface area contributed by atoms with Gasteiger partial charge in [-0.1, -0.05) is 117 Å². The van der Waals surface area contributed by atoms with Gasteiger partial charge < -0.3 is 25.6 Å². The highest BCUT2D eigenvalue weighted by Gasteiger charge is 2.19. The Morgan fingerprint density at radius 2 is 1.05 bits per heavy atom. The van der Waals surface area contributed by atoms with Crippen LogP contribution in [0.4, 0.5) is 0 Å². The molecular formula is C34H64N2O7. The lowest BCUT2D eigenvalue weighted by molar-refractivity contribution is -0.150. The Labute approximate surface area is 261 Å². The molecule has 0 saturated heterocycles. The fraction of sp³-hybridized carbons (Fsp3) is 0.882. The molecule has 0 spiro atoms. The number of carboxylic acid groups (broad SMARTS) is 1. The molecule has 0 aliphatic carbocycles. The van der Waals surface area contributed by atoms with Crippen molar-refractivity contribution in [2.24, 2.45) is 0 Å². The van der Waals surface area contributed by atoms with E-state index in [2.05, 4.69) is 24.5 Å². The maximum atomic E-state index is 12.5. The average Bonchev–Trinajstić information content (AvgIpc) is 2.98. The summed E-state index contributed by atoms with van der Waals surface area (Å²) in [6.07, 6.45) is 25.7. The lowest BCUT2D eigenvalue weighted by Crippen LogP contribution is -2.47. The maximum Gasteiger partial charge on any atom is 0.328 e. The summed E-state index contributed by atoms with van der Waals surface area (Å²) in [5.74, 6) is -2.33. The third kappa shape index (κ3) is 27.1. The number of amides is 2. The van der Waals surface area contributed by atoms with E-state index in [0.717, 1.165) is 51.4 Å². The topological polar surface area (TPSA) is 142 Å². The van der Waals surface area contributed by atoms with Crippen LogP contribution in [0.15, 0.2) is 0 Å². The molecule has 43 heavy (non-hydrogen) atoms. The zero-order valence-electron chi connectivity index (χ0n) is 27.5. The highest BCUT2D eigenvalue weighted by Crippen LogP contribution is 2.18. The number of carbonyl (C=O) groups is 4. The van der Waals surface area contributed by atoms with Crippen LogP contribution in [-0.2, 0) is 23.9 Å². The molecule has 2 unspecified atom stereocenters. The summed E-state index contributed by atoms with van der Waals surface area (Å²) in [6, 6.07) is -1.38. The first-order valence-corrected chi connectivity index (χ1v) is 17.4. The molecule has 0 aliphatic heterocycles. The van der Waals surface area contributed by atoms with Crippen LogP contribution in [-0.4, -0.2) is 59.3 Å². The number of ether oxygens (including phenoxy) is 1. The predicted octanol–water partition coefficient (Wildman–Crippen LogP) is 6.98. The molecule has 0 bridgehead atoms. The number of unbranched alkanes of at least 4 members (excludes halogenated alkanes) is 17. The Morgan fingerprint density at radius 1 is 0.605 bits per heavy atom. The largest absolute Gasteiger partial charge is 0.480 e. The van der Waals surface area contributed by atoms with Gasteiger partial charge in [0.05, 0.1) is 13.2 Å². The average molecular weight is 613 g/mol. The number of rotatable bonds is 31. The van der Waals surface area contributed by atoms with Crippen LogP contribution in [0, 0.1) is 0 Å². The first-order chi connectivity index (χ1) is 20.8. The van der Waals surface area contributed by atoms with Gasteiger partial charge in [-0.15, -0.1) is 0 Å². The van der Waals surface area contributed by atoms with Crippen molar-refractivity contribution < 1.29 is 34.1 Å². The Bertz CT molecular complexity index is 717. The van der Waals surface area contributed by atoms with Crippen molar-refractivity contribution in [3.63, 3.8) is 0 Å². The summed E-state index contributed by atoms with van der Waals surface area (Å²) in [4.78, 5) is 47.1. The Hall–Kier alpha value is -2.16. The minimum atomic E-state index is -1.38. The molecule has 0 radical (unpaired) electrons. The van der Waals surface area contributed by atoms with Gasteiger partial charge in [0.2, 0.25) is 11.8 Å². The van der Waals surface area contributed by atoms with Gasteiger partial charge >= 0.3 is 11.9 Å². The second-order valence-electron chi connectivity index (χ2n) is 12.0. The summed E-state index contributed by atoms with van der Waals surface area (Å²) in [6.45, 7) is 3.41. The molecule has 0 saturated carbocycles. The van der Waals surface area contributed by atoms with E-state index in [1.165, 1.54) is 83.5 Å². The van der Waals surface area contributed by atoms with Crippen LogP contribution < -0.4 is 10.6 Å². The quantitative estimate of drug-likeness (QED) is 0.0489. The summed E-state index contributed by atoms with van der Waals surface area (Å²) in [7, 11) is 0. The number of aliphatic hydroxyl groups is 1. The zero-order chi connectivity index (χ0) is 32.0. The first kappa shape index (κ1) is 40.8. The van der Waals surface area contributed by atoms with E-state index in [0.29, 0.717) is 12.8 Å². The van der Waals surface area contributed by atoms with Gasteiger partial charge in [0.15, 0.2) is 0 Å². The third-order valence-corrected chi connectivity index (χ3v) is 7.85.